The summed E-state index contributed by atoms with van der Waals surface area (Å²) in [6.45, 7) is 4.49. The lowest BCUT2D eigenvalue weighted by atomic mass is 10.0. The summed E-state index contributed by atoms with van der Waals surface area (Å²) in [6.07, 6.45) is 4.09. The molecule has 0 saturated carbocycles. The van der Waals surface area contributed by atoms with E-state index in [1.165, 1.54) is 20.0 Å². The smallest absolute Gasteiger partial charge is 0.194 e. The van der Waals surface area contributed by atoms with Crippen LogP contribution in [0.1, 0.15) is 29.8 Å². The van der Waals surface area contributed by atoms with E-state index in [9.17, 15) is 4.79 Å². The number of halogens is 1. The third kappa shape index (κ3) is 3.45. The first-order chi connectivity index (χ1) is 14.5. The summed E-state index contributed by atoms with van der Waals surface area (Å²) in [6, 6.07) is 12.0. The molecule has 1 N–H and O–H groups in total. The van der Waals surface area contributed by atoms with Crippen LogP contribution in [0.25, 0.3) is 38.6 Å². The van der Waals surface area contributed by atoms with Crippen LogP contribution in [0, 0.1) is 9.49 Å². The van der Waals surface area contributed by atoms with Crippen LogP contribution in [-0.2, 0) is 6.42 Å². The highest BCUT2D eigenvalue weighted by Crippen LogP contribution is 2.31. The number of carbonyl (C=O) groups excluding carboxylic acids is 1. The standard InChI is InChI=1S/C23H19IN4OS/c1-13(2)7-15-10-28(21-9-16(24)4-5-17(15)21)23-27-20(12-30-23)22-25-18-6-3-14(11-29)8-19(18)26-22/h3-6,8-13H,7H2,1-2H3,(H,25,26). The van der Waals surface area contributed by atoms with Crippen molar-refractivity contribution in [1.82, 2.24) is 19.5 Å². The molecule has 3 heterocycles. The van der Waals surface area contributed by atoms with Gasteiger partial charge in [-0.3, -0.25) is 9.36 Å². The summed E-state index contributed by atoms with van der Waals surface area (Å²) in [4.78, 5) is 23.9. The predicted octanol–water partition coefficient (Wildman–Crippen LogP) is 6.25. The number of hydrogen-bond donors (Lipinski definition) is 1. The van der Waals surface area contributed by atoms with Gasteiger partial charge in [0.25, 0.3) is 0 Å². The van der Waals surface area contributed by atoms with Gasteiger partial charge in [-0.15, -0.1) is 11.3 Å². The van der Waals surface area contributed by atoms with Crippen molar-refractivity contribution < 1.29 is 4.79 Å². The highest BCUT2D eigenvalue weighted by atomic mass is 127. The molecule has 0 saturated heterocycles. The highest BCUT2D eigenvalue weighted by Gasteiger charge is 2.16. The van der Waals surface area contributed by atoms with E-state index in [1.807, 2.05) is 11.4 Å². The zero-order valence-corrected chi connectivity index (χ0v) is 19.5. The van der Waals surface area contributed by atoms with Crippen molar-refractivity contribution in [2.45, 2.75) is 20.3 Å². The summed E-state index contributed by atoms with van der Waals surface area (Å²) in [5, 5.41) is 4.22. The molecule has 0 atom stereocenters. The van der Waals surface area contributed by atoms with Crippen LogP contribution >= 0.6 is 33.9 Å². The Morgan fingerprint density at radius 2 is 2.07 bits per heavy atom. The fourth-order valence-corrected chi connectivity index (χ4v) is 5.00. The number of carbonyl (C=O) groups is 1. The van der Waals surface area contributed by atoms with E-state index in [1.54, 1.807) is 23.5 Å². The highest BCUT2D eigenvalue weighted by molar-refractivity contribution is 14.1. The Balaban J connectivity index is 1.59. The summed E-state index contributed by atoms with van der Waals surface area (Å²) in [7, 11) is 0. The Hall–Kier alpha value is -2.52. The molecular weight excluding hydrogens is 507 g/mol. The van der Waals surface area contributed by atoms with Gasteiger partial charge >= 0.3 is 0 Å². The zero-order valence-electron chi connectivity index (χ0n) is 16.5. The van der Waals surface area contributed by atoms with Crippen LogP contribution in [0.3, 0.4) is 0 Å². The van der Waals surface area contributed by atoms with Gasteiger partial charge in [-0.2, -0.15) is 0 Å². The number of H-pyrrole nitrogens is 1. The molecule has 0 unspecified atom stereocenters. The number of aromatic nitrogens is 4. The van der Waals surface area contributed by atoms with Gasteiger partial charge in [-0.05, 0) is 70.8 Å². The largest absolute Gasteiger partial charge is 0.337 e. The normalized spacial score (nSPS) is 11.7. The van der Waals surface area contributed by atoms with Gasteiger partial charge in [0.05, 0.1) is 16.6 Å². The van der Waals surface area contributed by atoms with Crippen LogP contribution in [0.15, 0.2) is 48.0 Å². The van der Waals surface area contributed by atoms with Crippen molar-refractivity contribution in [3.63, 3.8) is 0 Å². The Morgan fingerprint density at radius 3 is 2.87 bits per heavy atom. The molecule has 0 fully saturated rings. The van der Waals surface area contributed by atoms with Gasteiger partial charge in [0, 0.05) is 26.1 Å². The lowest BCUT2D eigenvalue weighted by Gasteiger charge is -2.02. The van der Waals surface area contributed by atoms with Crippen molar-refractivity contribution in [3.05, 3.63) is 62.7 Å². The number of imidazole rings is 1. The van der Waals surface area contributed by atoms with Crippen molar-refractivity contribution in [3.8, 4) is 16.6 Å². The summed E-state index contributed by atoms with van der Waals surface area (Å²) < 4.78 is 3.40. The Morgan fingerprint density at radius 1 is 1.20 bits per heavy atom. The second-order valence-electron chi connectivity index (χ2n) is 7.78. The van der Waals surface area contributed by atoms with E-state index >= 15 is 0 Å². The van der Waals surface area contributed by atoms with Crippen molar-refractivity contribution in [2.75, 3.05) is 0 Å². The molecule has 0 aliphatic heterocycles. The zero-order chi connectivity index (χ0) is 20.8. The Labute approximate surface area is 191 Å². The third-order valence-electron chi connectivity index (χ3n) is 5.06. The minimum atomic E-state index is 0.585. The fourth-order valence-electron chi connectivity index (χ4n) is 3.73. The van der Waals surface area contributed by atoms with Gasteiger partial charge in [0.2, 0.25) is 0 Å². The molecule has 5 aromatic rings. The van der Waals surface area contributed by atoms with Crippen molar-refractivity contribution >= 4 is 62.2 Å². The lowest BCUT2D eigenvalue weighted by Crippen LogP contribution is -1.93. The van der Waals surface area contributed by atoms with E-state index < -0.39 is 0 Å². The predicted molar refractivity (Wildman–Crippen MR) is 131 cm³/mol. The minimum Gasteiger partial charge on any atom is -0.337 e. The van der Waals surface area contributed by atoms with Gasteiger partial charge in [-0.1, -0.05) is 19.9 Å². The number of hydrogen-bond acceptors (Lipinski definition) is 4. The van der Waals surface area contributed by atoms with Gasteiger partial charge in [0.1, 0.15) is 12.0 Å². The minimum absolute atomic E-state index is 0.585. The van der Waals surface area contributed by atoms with E-state index in [0.717, 1.165) is 34.6 Å². The number of nitrogens with one attached hydrogen (secondary N) is 1. The molecule has 30 heavy (non-hydrogen) atoms. The molecule has 0 amide bonds. The monoisotopic (exact) mass is 526 g/mol. The molecule has 0 aliphatic carbocycles. The van der Waals surface area contributed by atoms with Crippen molar-refractivity contribution in [1.29, 1.82) is 0 Å². The molecule has 3 aromatic heterocycles. The number of benzene rings is 2. The number of nitrogens with zero attached hydrogens (tertiary/aromatic N) is 3. The SMILES string of the molecule is CC(C)Cc1cn(-c2nc(-c3nc4cc(C=O)ccc4[nH]3)cs2)c2cc(I)ccc12. The first-order valence-corrected chi connectivity index (χ1v) is 11.7. The molecular formula is C23H19IN4OS. The van der Waals surface area contributed by atoms with Gasteiger partial charge < -0.3 is 4.98 Å². The average Bonchev–Trinajstić information content (AvgIpc) is 3.43. The van der Waals surface area contributed by atoms with E-state index in [-0.39, 0.29) is 0 Å². The van der Waals surface area contributed by atoms with Gasteiger partial charge in [-0.25, -0.2) is 9.97 Å². The van der Waals surface area contributed by atoms with Gasteiger partial charge in [0.15, 0.2) is 11.0 Å². The van der Waals surface area contributed by atoms with Crippen LogP contribution in [0.2, 0.25) is 0 Å². The molecule has 0 spiro atoms. The molecule has 5 nitrogen and oxygen atoms in total. The maximum absolute atomic E-state index is 11.0. The van der Waals surface area contributed by atoms with E-state index in [4.69, 9.17) is 4.98 Å². The molecule has 150 valence electrons. The quantitative estimate of drug-likeness (QED) is 0.218. The van der Waals surface area contributed by atoms with Crippen LogP contribution < -0.4 is 0 Å². The number of aromatic amines is 1. The first kappa shape index (κ1) is 19.4. The summed E-state index contributed by atoms with van der Waals surface area (Å²) >= 11 is 3.96. The number of fused-ring (bicyclic) bond motifs is 2. The average molecular weight is 526 g/mol. The first-order valence-electron chi connectivity index (χ1n) is 9.72. The van der Waals surface area contributed by atoms with E-state index in [0.29, 0.717) is 17.3 Å². The third-order valence-corrected chi connectivity index (χ3v) is 6.57. The second-order valence-corrected chi connectivity index (χ2v) is 9.86. The molecule has 2 aromatic carbocycles. The van der Waals surface area contributed by atoms with Crippen LogP contribution in [-0.4, -0.2) is 25.8 Å². The maximum atomic E-state index is 11.0. The molecule has 0 bridgehead atoms. The van der Waals surface area contributed by atoms with Crippen molar-refractivity contribution in [2.24, 2.45) is 5.92 Å². The second kappa shape index (κ2) is 7.63. The molecule has 5 rings (SSSR count). The molecule has 0 radical (unpaired) electrons. The summed E-state index contributed by atoms with van der Waals surface area (Å²) in [5.41, 5.74) is 5.61. The number of rotatable bonds is 5. The Kier molecular flexibility index (Phi) is 4.94. The maximum Gasteiger partial charge on any atom is 0.194 e. The Bertz CT molecular complexity index is 1400. The van der Waals surface area contributed by atoms with E-state index in [2.05, 4.69) is 75.4 Å². The number of thiazole rings is 1. The number of aldehydes is 1. The van der Waals surface area contributed by atoms with Crippen LogP contribution in [0.5, 0.6) is 0 Å². The molecule has 0 aliphatic rings. The fraction of sp³-hybridized carbons (Fsp3) is 0.174. The topological polar surface area (TPSA) is 63.6 Å². The molecule has 7 heteroatoms. The summed E-state index contributed by atoms with van der Waals surface area (Å²) in [5.74, 6) is 1.30. The van der Waals surface area contributed by atoms with Crippen LogP contribution in [0.4, 0.5) is 0 Å². The lowest BCUT2D eigenvalue weighted by molar-refractivity contribution is 0.112.